The number of hydrogen-bond acceptors (Lipinski definition) is 7. The van der Waals surface area contributed by atoms with Gasteiger partial charge in [-0.3, -0.25) is 9.69 Å². The van der Waals surface area contributed by atoms with Crippen molar-refractivity contribution < 1.29 is 14.3 Å². The van der Waals surface area contributed by atoms with Gasteiger partial charge < -0.3 is 21.1 Å². The predicted molar refractivity (Wildman–Crippen MR) is 141 cm³/mol. The standard InChI is InChI=1S/C26H26N6O3S/c1-4-17(14(2)27)30-24(33)23-22-21-19(12-13-28-25(21)36-23)32(26(34)31-22)18-10-11-20(29-15(18)3)35-16-8-6-5-7-9-16/h5-14,17H,4,27H2,1-3H3,(H,30,33)(H,31,34)/t14?,17-/m1/s1. The minimum Gasteiger partial charge on any atom is -0.439 e. The number of benzene rings is 1. The first-order chi connectivity index (χ1) is 17.4. The highest BCUT2D eigenvalue weighted by molar-refractivity contribution is 7.21. The second-order valence-electron chi connectivity index (χ2n) is 8.60. The van der Waals surface area contributed by atoms with E-state index in [0.717, 1.165) is 0 Å². The largest absolute Gasteiger partial charge is 0.439 e. The molecule has 0 spiro atoms. The lowest BCUT2D eigenvalue weighted by Crippen LogP contribution is -2.45. The summed E-state index contributed by atoms with van der Waals surface area (Å²) >= 11 is 1.24. The summed E-state index contributed by atoms with van der Waals surface area (Å²) in [6.07, 6.45) is 2.33. The molecule has 1 unspecified atom stereocenters. The van der Waals surface area contributed by atoms with Crippen molar-refractivity contribution in [2.75, 3.05) is 10.2 Å². The van der Waals surface area contributed by atoms with Crippen molar-refractivity contribution in [3.05, 3.63) is 65.3 Å². The van der Waals surface area contributed by atoms with Crippen LogP contribution in [0.2, 0.25) is 0 Å². The molecule has 36 heavy (non-hydrogen) atoms. The number of ether oxygens (including phenoxy) is 1. The van der Waals surface area contributed by atoms with Gasteiger partial charge in [0.25, 0.3) is 5.91 Å². The molecule has 3 amide bonds. The molecule has 0 saturated carbocycles. The number of aromatic nitrogens is 2. The molecule has 4 N–H and O–H groups in total. The van der Waals surface area contributed by atoms with E-state index in [-0.39, 0.29) is 24.0 Å². The molecule has 1 aromatic carbocycles. The third kappa shape index (κ3) is 4.25. The second kappa shape index (κ2) is 9.56. The third-order valence-electron chi connectivity index (χ3n) is 6.08. The number of hydrogen-bond donors (Lipinski definition) is 3. The highest BCUT2D eigenvalue weighted by Crippen LogP contribution is 2.46. The number of pyridine rings is 2. The number of nitrogens with one attached hydrogen (secondary N) is 2. The molecule has 1 aliphatic heterocycles. The average Bonchev–Trinajstić information content (AvgIpc) is 3.23. The van der Waals surface area contributed by atoms with E-state index in [0.29, 0.717) is 55.9 Å². The Morgan fingerprint density at radius 2 is 1.97 bits per heavy atom. The number of para-hydroxylation sites is 1. The van der Waals surface area contributed by atoms with Gasteiger partial charge in [-0.1, -0.05) is 25.1 Å². The summed E-state index contributed by atoms with van der Waals surface area (Å²) in [5.74, 6) is 0.818. The lowest BCUT2D eigenvalue weighted by atomic mass is 10.1. The van der Waals surface area contributed by atoms with Crippen molar-refractivity contribution in [2.45, 2.75) is 39.3 Å². The smallest absolute Gasteiger partial charge is 0.331 e. The van der Waals surface area contributed by atoms with Crippen LogP contribution in [-0.4, -0.2) is 34.0 Å². The summed E-state index contributed by atoms with van der Waals surface area (Å²) in [4.78, 5) is 38.1. The summed E-state index contributed by atoms with van der Waals surface area (Å²) in [6, 6.07) is 13.9. The predicted octanol–water partition coefficient (Wildman–Crippen LogP) is 5.33. The first kappa shape index (κ1) is 23.7. The Bertz CT molecular complexity index is 1450. The number of nitrogens with zero attached hydrogens (tertiary/aromatic N) is 3. The molecule has 10 heteroatoms. The Hall–Kier alpha value is -4.02. The van der Waals surface area contributed by atoms with Crippen LogP contribution in [0.3, 0.4) is 0 Å². The fourth-order valence-corrected chi connectivity index (χ4v) is 5.28. The molecular weight excluding hydrogens is 476 g/mol. The Kier molecular flexibility index (Phi) is 6.29. The molecule has 1 aliphatic rings. The van der Waals surface area contributed by atoms with E-state index >= 15 is 0 Å². The molecule has 2 atom stereocenters. The zero-order valence-corrected chi connectivity index (χ0v) is 20.9. The molecule has 184 valence electrons. The number of rotatable bonds is 7. The van der Waals surface area contributed by atoms with Crippen molar-refractivity contribution >= 4 is 50.6 Å². The fourth-order valence-electron chi connectivity index (χ4n) is 4.26. The monoisotopic (exact) mass is 502 g/mol. The number of amides is 3. The van der Waals surface area contributed by atoms with Crippen LogP contribution in [0, 0.1) is 6.92 Å². The third-order valence-corrected chi connectivity index (χ3v) is 7.18. The van der Waals surface area contributed by atoms with Gasteiger partial charge >= 0.3 is 6.03 Å². The van der Waals surface area contributed by atoms with Gasteiger partial charge in [0, 0.05) is 24.3 Å². The maximum absolute atomic E-state index is 13.4. The highest BCUT2D eigenvalue weighted by Gasteiger charge is 2.34. The van der Waals surface area contributed by atoms with E-state index in [2.05, 4.69) is 20.6 Å². The second-order valence-corrected chi connectivity index (χ2v) is 9.60. The number of aryl methyl sites for hydroxylation is 1. The van der Waals surface area contributed by atoms with Gasteiger partial charge in [0.1, 0.15) is 15.5 Å². The van der Waals surface area contributed by atoms with Crippen LogP contribution in [0.25, 0.3) is 10.2 Å². The van der Waals surface area contributed by atoms with E-state index in [4.69, 9.17) is 10.5 Å². The van der Waals surface area contributed by atoms with Crippen molar-refractivity contribution in [2.24, 2.45) is 5.73 Å². The van der Waals surface area contributed by atoms with Crippen LogP contribution in [0.5, 0.6) is 11.6 Å². The maximum atomic E-state index is 13.4. The summed E-state index contributed by atoms with van der Waals surface area (Å²) < 4.78 is 5.84. The van der Waals surface area contributed by atoms with Crippen LogP contribution in [0.15, 0.2) is 54.7 Å². The molecule has 3 aromatic heterocycles. The molecule has 0 radical (unpaired) electrons. The Morgan fingerprint density at radius 3 is 2.67 bits per heavy atom. The van der Waals surface area contributed by atoms with Crippen LogP contribution < -0.4 is 26.0 Å². The lowest BCUT2D eigenvalue weighted by molar-refractivity contribution is 0.0936. The number of carbonyl (C=O) groups is 2. The van der Waals surface area contributed by atoms with Gasteiger partial charge in [0.05, 0.1) is 28.1 Å². The van der Waals surface area contributed by atoms with E-state index in [1.807, 2.05) is 51.1 Å². The average molecular weight is 503 g/mol. The van der Waals surface area contributed by atoms with E-state index in [1.54, 1.807) is 29.3 Å². The summed E-state index contributed by atoms with van der Waals surface area (Å²) in [5, 5.41) is 6.61. The SMILES string of the molecule is CC[C@@H](NC(=O)c1sc2nccc3c2c1NC(=O)N3c1ccc(Oc2ccccc2)nc1C)C(C)N. The highest BCUT2D eigenvalue weighted by atomic mass is 32.1. The molecule has 4 heterocycles. The minimum atomic E-state index is -0.386. The molecule has 0 bridgehead atoms. The van der Waals surface area contributed by atoms with Gasteiger partial charge in [-0.2, -0.15) is 0 Å². The van der Waals surface area contributed by atoms with Crippen LogP contribution in [0.4, 0.5) is 21.9 Å². The maximum Gasteiger partial charge on any atom is 0.331 e. The van der Waals surface area contributed by atoms with Gasteiger partial charge in [0.15, 0.2) is 0 Å². The van der Waals surface area contributed by atoms with Crippen molar-refractivity contribution in [3.8, 4) is 11.6 Å². The van der Waals surface area contributed by atoms with Crippen molar-refractivity contribution in [1.82, 2.24) is 15.3 Å². The summed E-state index contributed by atoms with van der Waals surface area (Å²) in [7, 11) is 0. The molecule has 0 saturated heterocycles. The lowest BCUT2D eigenvalue weighted by Gasteiger charge is -2.29. The van der Waals surface area contributed by atoms with Gasteiger partial charge in [-0.25, -0.2) is 14.8 Å². The van der Waals surface area contributed by atoms with E-state index in [9.17, 15) is 9.59 Å². The number of carbonyl (C=O) groups excluding carboxylic acids is 2. The van der Waals surface area contributed by atoms with Gasteiger partial charge in [-0.05, 0) is 44.5 Å². The zero-order valence-electron chi connectivity index (χ0n) is 20.1. The Morgan fingerprint density at radius 1 is 1.19 bits per heavy atom. The molecule has 5 rings (SSSR count). The quantitative estimate of drug-likeness (QED) is 0.314. The molecule has 0 fully saturated rings. The van der Waals surface area contributed by atoms with Crippen molar-refractivity contribution in [1.29, 1.82) is 0 Å². The normalized spacial score (nSPS) is 14.3. The number of urea groups is 1. The fraction of sp³-hybridized carbons (Fsp3) is 0.231. The molecule has 0 aliphatic carbocycles. The molecular formula is C26H26N6O3S. The topological polar surface area (TPSA) is 122 Å². The van der Waals surface area contributed by atoms with Gasteiger partial charge in [-0.15, -0.1) is 11.3 Å². The Balaban J connectivity index is 1.51. The number of anilines is 3. The molecule has 4 aromatic rings. The first-order valence-electron chi connectivity index (χ1n) is 11.7. The number of thiophene rings is 1. The zero-order chi connectivity index (χ0) is 25.4. The minimum absolute atomic E-state index is 0.177. The van der Waals surface area contributed by atoms with E-state index < -0.39 is 0 Å². The number of nitrogens with two attached hydrogens (primary N) is 1. The van der Waals surface area contributed by atoms with Crippen LogP contribution >= 0.6 is 11.3 Å². The van der Waals surface area contributed by atoms with Crippen LogP contribution in [0.1, 0.15) is 35.6 Å². The van der Waals surface area contributed by atoms with E-state index in [1.165, 1.54) is 11.3 Å². The molecule has 9 nitrogen and oxygen atoms in total. The first-order valence-corrected chi connectivity index (χ1v) is 12.5. The summed E-state index contributed by atoms with van der Waals surface area (Å²) in [6.45, 7) is 5.64. The van der Waals surface area contributed by atoms with Gasteiger partial charge in [0.2, 0.25) is 5.88 Å². The van der Waals surface area contributed by atoms with Crippen LogP contribution in [-0.2, 0) is 0 Å². The summed E-state index contributed by atoms with van der Waals surface area (Å²) in [5.41, 5.74) is 8.33. The van der Waals surface area contributed by atoms with Crippen molar-refractivity contribution in [3.63, 3.8) is 0 Å². The Labute approximate surface area is 212 Å².